The fourth-order valence-corrected chi connectivity index (χ4v) is 9.08. The standard InChI is InChI=1S/C30H48O/c1-7-9-22-18-23-19-24(31)14-16-29(23,5)27-15-17-30(6)25(12-13-26(30)28(22)27)21(4)11-8-10-20(2)3/h7,18,20-22,25-28H,1,8-17,19H2,2-6H3. The van der Waals surface area contributed by atoms with E-state index < -0.39 is 0 Å². The van der Waals surface area contributed by atoms with Crippen molar-refractivity contribution in [1.82, 2.24) is 0 Å². The van der Waals surface area contributed by atoms with E-state index in [4.69, 9.17) is 0 Å². The molecule has 3 saturated carbocycles. The van der Waals surface area contributed by atoms with Gasteiger partial charge < -0.3 is 0 Å². The number of allylic oxidation sites excluding steroid dienone is 3. The van der Waals surface area contributed by atoms with Crippen LogP contribution < -0.4 is 0 Å². The quantitative estimate of drug-likeness (QED) is 0.375. The Morgan fingerprint density at radius 3 is 2.58 bits per heavy atom. The maximum absolute atomic E-state index is 12.3. The SMILES string of the molecule is C=CCC1C=C2CC(=O)CCC2(C)C2CCC3(C)C(C(C)CCCC(C)C)CCC3C12. The molecule has 0 N–H and O–H groups in total. The smallest absolute Gasteiger partial charge is 0.136 e. The average molecular weight is 425 g/mol. The normalized spacial score (nSPS) is 43.1. The van der Waals surface area contributed by atoms with E-state index >= 15 is 0 Å². The summed E-state index contributed by atoms with van der Waals surface area (Å²) in [6.07, 6.45) is 18.3. The summed E-state index contributed by atoms with van der Waals surface area (Å²) in [6.45, 7) is 16.6. The monoisotopic (exact) mass is 424 g/mol. The van der Waals surface area contributed by atoms with Crippen LogP contribution >= 0.6 is 0 Å². The van der Waals surface area contributed by atoms with Crippen LogP contribution in [0.4, 0.5) is 0 Å². The second-order valence-electron chi connectivity index (χ2n) is 12.8. The maximum atomic E-state index is 12.3. The highest BCUT2D eigenvalue weighted by Crippen LogP contribution is 2.68. The van der Waals surface area contributed by atoms with E-state index in [0.717, 1.165) is 61.2 Å². The van der Waals surface area contributed by atoms with Gasteiger partial charge in [-0.2, -0.15) is 0 Å². The van der Waals surface area contributed by atoms with Crippen LogP contribution in [0.5, 0.6) is 0 Å². The van der Waals surface area contributed by atoms with Crippen molar-refractivity contribution >= 4 is 5.78 Å². The summed E-state index contributed by atoms with van der Waals surface area (Å²) in [5.74, 6) is 6.11. The molecule has 8 atom stereocenters. The summed E-state index contributed by atoms with van der Waals surface area (Å²) in [7, 11) is 0. The first-order chi connectivity index (χ1) is 14.7. The molecule has 4 rings (SSSR count). The first-order valence-corrected chi connectivity index (χ1v) is 13.5. The number of rotatable bonds is 7. The molecule has 0 saturated heterocycles. The van der Waals surface area contributed by atoms with Gasteiger partial charge in [-0.15, -0.1) is 6.58 Å². The highest BCUT2D eigenvalue weighted by molar-refractivity contribution is 5.82. The third-order valence-corrected chi connectivity index (χ3v) is 10.7. The fraction of sp³-hybridized carbons (Fsp3) is 0.833. The number of hydrogen-bond donors (Lipinski definition) is 0. The third-order valence-electron chi connectivity index (χ3n) is 10.7. The molecule has 4 aliphatic rings. The van der Waals surface area contributed by atoms with Crippen LogP contribution in [0.15, 0.2) is 24.3 Å². The van der Waals surface area contributed by atoms with Crippen molar-refractivity contribution < 1.29 is 4.79 Å². The largest absolute Gasteiger partial charge is 0.299 e. The molecule has 0 aromatic carbocycles. The molecule has 0 spiro atoms. The highest BCUT2D eigenvalue weighted by Gasteiger charge is 2.60. The molecule has 0 radical (unpaired) electrons. The zero-order chi connectivity index (χ0) is 22.4. The van der Waals surface area contributed by atoms with E-state index in [1.165, 1.54) is 50.5 Å². The number of ketones is 1. The number of carbonyl (C=O) groups excluding carboxylic acids is 1. The fourth-order valence-electron chi connectivity index (χ4n) is 9.08. The van der Waals surface area contributed by atoms with Crippen molar-refractivity contribution in [3.05, 3.63) is 24.3 Å². The zero-order valence-corrected chi connectivity index (χ0v) is 21.1. The average Bonchev–Trinajstić information content (AvgIpc) is 3.06. The minimum atomic E-state index is 0.276. The molecule has 3 fully saturated rings. The van der Waals surface area contributed by atoms with E-state index in [-0.39, 0.29) is 5.41 Å². The zero-order valence-electron chi connectivity index (χ0n) is 21.1. The van der Waals surface area contributed by atoms with Crippen LogP contribution in [0.2, 0.25) is 0 Å². The summed E-state index contributed by atoms with van der Waals surface area (Å²) < 4.78 is 0. The van der Waals surface area contributed by atoms with Gasteiger partial charge in [0.2, 0.25) is 0 Å². The van der Waals surface area contributed by atoms with Gasteiger partial charge >= 0.3 is 0 Å². The van der Waals surface area contributed by atoms with E-state index in [1.807, 2.05) is 0 Å². The molecule has 0 amide bonds. The lowest BCUT2D eigenvalue weighted by atomic mass is 9.45. The lowest BCUT2D eigenvalue weighted by Crippen LogP contribution is -2.53. The topological polar surface area (TPSA) is 17.1 Å². The first-order valence-electron chi connectivity index (χ1n) is 13.5. The summed E-state index contributed by atoms with van der Waals surface area (Å²) in [5.41, 5.74) is 2.29. The lowest BCUT2D eigenvalue weighted by molar-refractivity contribution is -0.123. The van der Waals surface area contributed by atoms with E-state index in [0.29, 0.717) is 17.1 Å². The molecule has 0 aromatic rings. The van der Waals surface area contributed by atoms with Gasteiger partial charge in [0.1, 0.15) is 5.78 Å². The van der Waals surface area contributed by atoms with Crippen molar-refractivity contribution in [2.24, 2.45) is 52.3 Å². The number of fused-ring (bicyclic) bond motifs is 5. The number of carbonyl (C=O) groups is 1. The molecule has 0 aliphatic heterocycles. The van der Waals surface area contributed by atoms with Crippen LogP contribution in [-0.4, -0.2) is 5.78 Å². The molecule has 1 nitrogen and oxygen atoms in total. The molecule has 1 heteroatoms. The van der Waals surface area contributed by atoms with Crippen LogP contribution in [0.1, 0.15) is 105 Å². The molecular weight excluding hydrogens is 376 g/mol. The van der Waals surface area contributed by atoms with E-state index in [1.54, 1.807) is 0 Å². The molecule has 8 unspecified atom stereocenters. The Balaban J connectivity index is 1.59. The summed E-state index contributed by atoms with van der Waals surface area (Å²) in [6, 6.07) is 0. The van der Waals surface area contributed by atoms with Crippen molar-refractivity contribution in [2.45, 2.75) is 105 Å². The van der Waals surface area contributed by atoms with Gasteiger partial charge in [-0.1, -0.05) is 71.6 Å². The Morgan fingerprint density at radius 1 is 1.10 bits per heavy atom. The van der Waals surface area contributed by atoms with Crippen LogP contribution in [0.3, 0.4) is 0 Å². The van der Waals surface area contributed by atoms with Gasteiger partial charge in [0.15, 0.2) is 0 Å². The molecule has 174 valence electrons. The molecule has 0 aromatic heterocycles. The molecule has 4 aliphatic carbocycles. The van der Waals surface area contributed by atoms with Crippen LogP contribution in [0.25, 0.3) is 0 Å². The maximum Gasteiger partial charge on any atom is 0.136 e. The minimum absolute atomic E-state index is 0.276. The van der Waals surface area contributed by atoms with Gasteiger partial charge in [-0.25, -0.2) is 0 Å². The third kappa shape index (κ3) is 4.02. The molecule has 0 bridgehead atoms. The van der Waals surface area contributed by atoms with Gasteiger partial charge in [0, 0.05) is 12.8 Å². The van der Waals surface area contributed by atoms with Crippen molar-refractivity contribution in [2.75, 3.05) is 0 Å². The van der Waals surface area contributed by atoms with Gasteiger partial charge in [-0.05, 0) is 90.8 Å². The van der Waals surface area contributed by atoms with Crippen LogP contribution in [0, 0.1) is 52.3 Å². The molecule has 31 heavy (non-hydrogen) atoms. The van der Waals surface area contributed by atoms with Crippen molar-refractivity contribution in [3.8, 4) is 0 Å². The number of hydrogen-bond acceptors (Lipinski definition) is 1. The molecule has 0 heterocycles. The van der Waals surface area contributed by atoms with E-state index in [2.05, 4.69) is 53.3 Å². The molecular formula is C30H48O. The van der Waals surface area contributed by atoms with Crippen molar-refractivity contribution in [1.29, 1.82) is 0 Å². The first kappa shape index (κ1) is 23.3. The predicted octanol–water partition coefficient (Wildman–Crippen LogP) is 8.40. The Kier molecular flexibility index (Phi) is 6.64. The minimum Gasteiger partial charge on any atom is -0.299 e. The summed E-state index contributed by atoms with van der Waals surface area (Å²) in [4.78, 5) is 12.3. The second-order valence-corrected chi connectivity index (χ2v) is 12.8. The Hall–Kier alpha value is -0.850. The highest BCUT2D eigenvalue weighted by atomic mass is 16.1. The predicted molar refractivity (Wildman–Crippen MR) is 132 cm³/mol. The number of Topliss-reactive ketones (excluding diaryl/α,β-unsaturated/α-hetero) is 1. The van der Waals surface area contributed by atoms with Crippen molar-refractivity contribution in [3.63, 3.8) is 0 Å². The van der Waals surface area contributed by atoms with Crippen LogP contribution in [-0.2, 0) is 4.79 Å². The van der Waals surface area contributed by atoms with Gasteiger partial charge in [0.05, 0.1) is 0 Å². The van der Waals surface area contributed by atoms with Gasteiger partial charge in [0.25, 0.3) is 0 Å². The Labute approximate surface area is 192 Å². The van der Waals surface area contributed by atoms with Gasteiger partial charge in [-0.3, -0.25) is 4.79 Å². The Morgan fingerprint density at radius 2 is 1.87 bits per heavy atom. The summed E-state index contributed by atoms with van der Waals surface area (Å²) in [5, 5.41) is 0. The summed E-state index contributed by atoms with van der Waals surface area (Å²) >= 11 is 0. The second kappa shape index (κ2) is 8.83. The van der Waals surface area contributed by atoms with E-state index in [9.17, 15) is 4.79 Å². The lowest BCUT2D eigenvalue weighted by Gasteiger charge is -2.60. The Bertz CT molecular complexity index is 716.